The van der Waals surface area contributed by atoms with Crippen LogP contribution in [0.15, 0.2) is 12.4 Å². The zero-order chi connectivity index (χ0) is 11.1. The van der Waals surface area contributed by atoms with Crippen molar-refractivity contribution in [3.63, 3.8) is 0 Å². The van der Waals surface area contributed by atoms with Crippen molar-refractivity contribution in [3.8, 4) is 0 Å². The van der Waals surface area contributed by atoms with Gasteiger partial charge in [0.05, 0.1) is 11.7 Å². The monoisotopic (exact) mass is 207 g/mol. The molecular formula is C12H21N3. The first kappa shape index (κ1) is 10.7. The molecule has 0 amide bonds. The maximum atomic E-state index is 6.38. The second-order valence-corrected chi connectivity index (χ2v) is 5.71. The highest BCUT2D eigenvalue weighted by Gasteiger charge is 2.33. The lowest BCUT2D eigenvalue weighted by Gasteiger charge is -2.23. The molecule has 0 spiro atoms. The Morgan fingerprint density at radius 2 is 1.93 bits per heavy atom. The van der Waals surface area contributed by atoms with E-state index in [1.807, 2.05) is 10.9 Å². The van der Waals surface area contributed by atoms with Gasteiger partial charge in [-0.15, -0.1) is 0 Å². The summed E-state index contributed by atoms with van der Waals surface area (Å²) in [5, 5.41) is 4.41. The van der Waals surface area contributed by atoms with Crippen LogP contribution in [0.2, 0.25) is 0 Å². The minimum Gasteiger partial charge on any atom is -0.321 e. The van der Waals surface area contributed by atoms with Crippen molar-refractivity contribution in [2.75, 3.05) is 0 Å². The van der Waals surface area contributed by atoms with Gasteiger partial charge in [-0.25, -0.2) is 0 Å². The summed E-state index contributed by atoms with van der Waals surface area (Å²) >= 11 is 0. The summed E-state index contributed by atoms with van der Waals surface area (Å²) in [6, 6.07) is 0. The summed E-state index contributed by atoms with van der Waals surface area (Å²) in [6.45, 7) is 6.46. The number of nitrogens with zero attached hydrogens (tertiary/aromatic N) is 2. The highest BCUT2D eigenvalue weighted by molar-refractivity contribution is 5.19. The molecule has 1 aromatic heterocycles. The Labute approximate surface area is 91.7 Å². The molecular weight excluding hydrogens is 186 g/mol. The van der Waals surface area contributed by atoms with Crippen molar-refractivity contribution in [2.45, 2.75) is 57.5 Å². The average molecular weight is 207 g/mol. The van der Waals surface area contributed by atoms with E-state index in [4.69, 9.17) is 5.73 Å². The Hall–Kier alpha value is -0.830. The molecule has 1 aromatic rings. The van der Waals surface area contributed by atoms with Crippen molar-refractivity contribution in [3.05, 3.63) is 18.0 Å². The third kappa shape index (κ3) is 1.93. The summed E-state index contributed by atoms with van der Waals surface area (Å²) in [5.74, 6) is 0. The molecule has 0 bridgehead atoms. The number of nitrogens with two attached hydrogens (primary N) is 1. The van der Waals surface area contributed by atoms with Gasteiger partial charge in [0.25, 0.3) is 0 Å². The molecule has 84 valence electrons. The predicted octanol–water partition coefficient (Wildman–Crippen LogP) is 2.37. The van der Waals surface area contributed by atoms with Crippen LogP contribution >= 0.6 is 0 Å². The highest BCUT2D eigenvalue weighted by Crippen LogP contribution is 2.36. The summed E-state index contributed by atoms with van der Waals surface area (Å²) in [4.78, 5) is 0. The van der Waals surface area contributed by atoms with Gasteiger partial charge in [-0.1, -0.05) is 12.8 Å². The van der Waals surface area contributed by atoms with E-state index in [0.29, 0.717) is 0 Å². The van der Waals surface area contributed by atoms with Crippen LogP contribution in [0, 0.1) is 0 Å². The molecule has 0 atom stereocenters. The molecule has 0 radical (unpaired) electrons. The third-order valence-electron chi connectivity index (χ3n) is 3.34. The van der Waals surface area contributed by atoms with E-state index in [0.717, 1.165) is 12.8 Å². The van der Waals surface area contributed by atoms with Gasteiger partial charge < -0.3 is 5.73 Å². The molecule has 0 saturated heterocycles. The fourth-order valence-corrected chi connectivity index (χ4v) is 2.24. The summed E-state index contributed by atoms with van der Waals surface area (Å²) < 4.78 is 2.01. The van der Waals surface area contributed by atoms with Crippen LogP contribution in [0.25, 0.3) is 0 Å². The molecule has 1 fully saturated rings. The molecule has 1 aliphatic carbocycles. The lowest BCUT2D eigenvalue weighted by molar-refractivity contribution is 0.354. The molecule has 2 rings (SSSR count). The van der Waals surface area contributed by atoms with Gasteiger partial charge in [-0.05, 0) is 33.6 Å². The molecule has 0 aliphatic heterocycles. The SMILES string of the molecule is CC(C)(C)n1cc(C2(N)CCCC2)cn1. The van der Waals surface area contributed by atoms with Crippen LogP contribution in [-0.4, -0.2) is 9.78 Å². The zero-order valence-electron chi connectivity index (χ0n) is 9.95. The van der Waals surface area contributed by atoms with Gasteiger partial charge in [0, 0.05) is 17.3 Å². The van der Waals surface area contributed by atoms with Crippen LogP contribution in [0.3, 0.4) is 0 Å². The molecule has 1 heterocycles. The quantitative estimate of drug-likeness (QED) is 0.768. The number of hydrogen-bond donors (Lipinski definition) is 1. The van der Waals surface area contributed by atoms with Crippen LogP contribution in [0.5, 0.6) is 0 Å². The van der Waals surface area contributed by atoms with Crippen LogP contribution in [0.4, 0.5) is 0 Å². The van der Waals surface area contributed by atoms with E-state index in [9.17, 15) is 0 Å². The van der Waals surface area contributed by atoms with Crippen LogP contribution < -0.4 is 5.73 Å². The van der Waals surface area contributed by atoms with E-state index in [1.54, 1.807) is 0 Å². The van der Waals surface area contributed by atoms with Gasteiger partial charge in [0.1, 0.15) is 0 Å². The van der Waals surface area contributed by atoms with Gasteiger partial charge >= 0.3 is 0 Å². The maximum absolute atomic E-state index is 6.38. The Morgan fingerprint density at radius 3 is 2.40 bits per heavy atom. The first-order valence-electron chi connectivity index (χ1n) is 5.76. The van der Waals surface area contributed by atoms with Gasteiger partial charge in [0.2, 0.25) is 0 Å². The third-order valence-corrected chi connectivity index (χ3v) is 3.34. The van der Waals surface area contributed by atoms with Crippen molar-refractivity contribution in [1.29, 1.82) is 0 Å². The van der Waals surface area contributed by atoms with E-state index < -0.39 is 0 Å². The summed E-state index contributed by atoms with van der Waals surface area (Å²) in [7, 11) is 0. The van der Waals surface area contributed by atoms with E-state index in [-0.39, 0.29) is 11.1 Å². The fraction of sp³-hybridized carbons (Fsp3) is 0.750. The van der Waals surface area contributed by atoms with Crippen LogP contribution in [-0.2, 0) is 11.1 Å². The largest absolute Gasteiger partial charge is 0.321 e. The zero-order valence-corrected chi connectivity index (χ0v) is 9.95. The second kappa shape index (κ2) is 3.34. The summed E-state index contributed by atoms with van der Waals surface area (Å²) in [5.41, 5.74) is 7.53. The molecule has 15 heavy (non-hydrogen) atoms. The van der Waals surface area contributed by atoms with Gasteiger partial charge in [-0.2, -0.15) is 5.10 Å². The van der Waals surface area contributed by atoms with Crippen molar-refractivity contribution >= 4 is 0 Å². The van der Waals surface area contributed by atoms with E-state index in [1.165, 1.54) is 18.4 Å². The smallest absolute Gasteiger partial charge is 0.0543 e. The number of rotatable bonds is 1. The van der Waals surface area contributed by atoms with Gasteiger partial charge in [0.15, 0.2) is 0 Å². The minimum atomic E-state index is -0.108. The lowest BCUT2D eigenvalue weighted by Crippen LogP contribution is -2.32. The minimum absolute atomic E-state index is 0.0488. The average Bonchev–Trinajstić information content (AvgIpc) is 2.69. The first-order chi connectivity index (χ1) is 6.92. The highest BCUT2D eigenvalue weighted by atomic mass is 15.3. The first-order valence-corrected chi connectivity index (χ1v) is 5.76. The number of aromatic nitrogens is 2. The fourth-order valence-electron chi connectivity index (χ4n) is 2.24. The summed E-state index contributed by atoms with van der Waals surface area (Å²) in [6.07, 6.45) is 8.75. The lowest BCUT2D eigenvalue weighted by atomic mass is 9.92. The van der Waals surface area contributed by atoms with Gasteiger partial charge in [-0.3, -0.25) is 4.68 Å². The maximum Gasteiger partial charge on any atom is 0.0543 e. The van der Waals surface area contributed by atoms with Crippen molar-refractivity contribution in [2.24, 2.45) is 5.73 Å². The number of hydrogen-bond acceptors (Lipinski definition) is 2. The van der Waals surface area contributed by atoms with Crippen molar-refractivity contribution < 1.29 is 0 Å². The Balaban J connectivity index is 2.27. The molecule has 0 unspecified atom stereocenters. The topological polar surface area (TPSA) is 43.8 Å². The van der Waals surface area contributed by atoms with E-state index in [2.05, 4.69) is 32.1 Å². The second-order valence-electron chi connectivity index (χ2n) is 5.71. The molecule has 0 aromatic carbocycles. The predicted molar refractivity (Wildman–Crippen MR) is 61.6 cm³/mol. The Kier molecular flexibility index (Phi) is 2.38. The van der Waals surface area contributed by atoms with E-state index >= 15 is 0 Å². The Bertz CT molecular complexity index is 340. The van der Waals surface area contributed by atoms with Crippen molar-refractivity contribution in [1.82, 2.24) is 9.78 Å². The molecule has 1 saturated carbocycles. The Morgan fingerprint density at radius 1 is 1.33 bits per heavy atom. The molecule has 3 heteroatoms. The molecule has 2 N–H and O–H groups in total. The molecule has 3 nitrogen and oxygen atoms in total. The van der Waals surface area contributed by atoms with Crippen LogP contribution in [0.1, 0.15) is 52.0 Å². The normalized spacial score (nSPS) is 20.8. The molecule has 1 aliphatic rings. The standard InChI is InChI=1S/C12H21N3/c1-11(2,3)15-9-10(8-14-15)12(13)6-4-5-7-12/h8-9H,4-7,13H2,1-3H3.